The van der Waals surface area contributed by atoms with Gasteiger partial charge in [0.05, 0.1) is 12.4 Å². The maximum absolute atomic E-state index is 12.5. The molecular formula is C22H25N5O3. The molecule has 2 amide bonds. The summed E-state index contributed by atoms with van der Waals surface area (Å²) in [6.07, 6.45) is 7.34. The predicted octanol–water partition coefficient (Wildman–Crippen LogP) is 3.50. The quantitative estimate of drug-likeness (QED) is 0.674. The summed E-state index contributed by atoms with van der Waals surface area (Å²) in [5.41, 5.74) is 1.94. The molecule has 2 aromatic heterocycles. The molecule has 4 rings (SSSR count). The third kappa shape index (κ3) is 4.27. The molecule has 0 aliphatic heterocycles. The minimum absolute atomic E-state index is 0.0351. The Labute approximate surface area is 174 Å². The molecule has 8 heteroatoms. The van der Waals surface area contributed by atoms with Crippen LogP contribution in [0.5, 0.6) is 5.75 Å². The number of nitrogens with zero attached hydrogens (tertiary/aromatic N) is 3. The highest BCUT2D eigenvalue weighted by molar-refractivity contribution is 5.83. The highest BCUT2D eigenvalue weighted by Crippen LogP contribution is 2.25. The van der Waals surface area contributed by atoms with E-state index in [0.29, 0.717) is 18.0 Å². The summed E-state index contributed by atoms with van der Waals surface area (Å²) in [5, 5.41) is 4.08. The minimum Gasteiger partial charge on any atom is -0.407 e. The molecule has 0 radical (unpaired) electrons. The molecule has 1 fully saturated rings. The van der Waals surface area contributed by atoms with Crippen LogP contribution in [-0.4, -0.2) is 51.0 Å². The van der Waals surface area contributed by atoms with Crippen LogP contribution in [0.4, 0.5) is 4.79 Å². The summed E-state index contributed by atoms with van der Waals surface area (Å²) in [4.78, 5) is 37.5. The Morgan fingerprint density at radius 2 is 2.03 bits per heavy atom. The van der Waals surface area contributed by atoms with Crippen molar-refractivity contribution in [3.63, 3.8) is 0 Å². The molecule has 0 spiro atoms. The lowest BCUT2D eigenvalue weighted by molar-refractivity contribution is -0.121. The third-order valence-corrected chi connectivity index (χ3v) is 5.57. The summed E-state index contributed by atoms with van der Waals surface area (Å²) in [6, 6.07) is 8.07. The number of hydrogen-bond donors (Lipinski definition) is 2. The molecule has 8 nitrogen and oxygen atoms in total. The first kappa shape index (κ1) is 19.9. The fraction of sp³-hybridized carbons (Fsp3) is 0.364. The molecule has 2 heterocycles. The number of carbonyl (C=O) groups is 2. The molecular weight excluding hydrogens is 382 g/mol. The number of fused-ring (bicyclic) bond motifs is 1. The Kier molecular flexibility index (Phi) is 5.65. The van der Waals surface area contributed by atoms with Gasteiger partial charge in [0.2, 0.25) is 5.91 Å². The van der Waals surface area contributed by atoms with E-state index in [4.69, 9.17) is 4.74 Å². The Morgan fingerprint density at radius 3 is 2.80 bits per heavy atom. The molecule has 1 aliphatic carbocycles. The van der Waals surface area contributed by atoms with E-state index in [2.05, 4.69) is 20.3 Å². The Hall–Kier alpha value is -3.42. The number of rotatable bonds is 5. The van der Waals surface area contributed by atoms with E-state index >= 15 is 0 Å². The number of ether oxygens (including phenoxy) is 1. The summed E-state index contributed by atoms with van der Waals surface area (Å²) in [5.74, 6) is 0.905. The number of aromatic amines is 1. The van der Waals surface area contributed by atoms with Gasteiger partial charge in [0.25, 0.3) is 0 Å². The zero-order chi connectivity index (χ0) is 21.1. The van der Waals surface area contributed by atoms with Crippen LogP contribution in [0.15, 0.2) is 42.9 Å². The van der Waals surface area contributed by atoms with Gasteiger partial charge in [-0.05, 0) is 43.5 Å². The zero-order valence-corrected chi connectivity index (χ0v) is 17.1. The van der Waals surface area contributed by atoms with Crippen LogP contribution in [0.25, 0.3) is 22.3 Å². The average molecular weight is 407 g/mol. The normalized spacial score (nSPS) is 18.3. The van der Waals surface area contributed by atoms with Gasteiger partial charge in [-0.1, -0.05) is 6.92 Å². The first-order chi connectivity index (χ1) is 14.5. The van der Waals surface area contributed by atoms with Gasteiger partial charge in [0.1, 0.15) is 0 Å². The van der Waals surface area contributed by atoms with Gasteiger partial charge >= 0.3 is 6.09 Å². The van der Waals surface area contributed by atoms with Gasteiger partial charge < -0.3 is 19.9 Å². The van der Waals surface area contributed by atoms with Crippen LogP contribution >= 0.6 is 0 Å². The molecule has 30 heavy (non-hydrogen) atoms. The van der Waals surface area contributed by atoms with Crippen molar-refractivity contribution in [2.45, 2.75) is 44.7 Å². The largest absolute Gasteiger partial charge is 0.415 e. The second-order valence-corrected chi connectivity index (χ2v) is 7.59. The number of benzene rings is 1. The first-order valence-electron chi connectivity index (χ1n) is 10.2. The van der Waals surface area contributed by atoms with Crippen molar-refractivity contribution in [1.82, 2.24) is 25.2 Å². The molecule has 1 aliphatic rings. The van der Waals surface area contributed by atoms with E-state index in [9.17, 15) is 9.59 Å². The van der Waals surface area contributed by atoms with Gasteiger partial charge in [-0.25, -0.2) is 14.8 Å². The monoisotopic (exact) mass is 407 g/mol. The van der Waals surface area contributed by atoms with Gasteiger partial charge in [-0.3, -0.25) is 4.79 Å². The van der Waals surface area contributed by atoms with E-state index in [-0.39, 0.29) is 18.0 Å². The molecule has 0 unspecified atom stereocenters. The van der Waals surface area contributed by atoms with Crippen molar-refractivity contribution < 1.29 is 14.3 Å². The topological polar surface area (TPSA) is 100 Å². The van der Waals surface area contributed by atoms with E-state index in [1.54, 1.807) is 11.9 Å². The first-order valence-corrected chi connectivity index (χ1v) is 10.2. The zero-order valence-electron chi connectivity index (χ0n) is 17.1. The fourth-order valence-corrected chi connectivity index (χ4v) is 3.80. The number of amides is 2. The number of carbonyl (C=O) groups excluding carboxylic acids is 2. The Balaban J connectivity index is 1.36. The second kappa shape index (κ2) is 8.52. The van der Waals surface area contributed by atoms with Crippen LogP contribution in [0, 0.1) is 0 Å². The highest BCUT2D eigenvalue weighted by Gasteiger charge is 2.31. The van der Waals surface area contributed by atoms with Gasteiger partial charge in [0, 0.05) is 48.2 Å². The third-order valence-electron chi connectivity index (χ3n) is 5.57. The number of hydrogen-bond acceptors (Lipinski definition) is 5. The summed E-state index contributed by atoms with van der Waals surface area (Å²) >= 11 is 0. The minimum atomic E-state index is -0.451. The van der Waals surface area contributed by atoms with Gasteiger partial charge in [-0.2, -0.15) is 0 Å². The number of nitrogens with one attached hydrogen (secondary N) is 2. The van der Waals surface area contributed by atoms with Crippen molar-refractivity contribution in [1.29, 1.82) is 0 Å². The van der Waals surface area contributed by atoms with Crippen molar-refractivity contribution in [2.24, 2.45) is 0 Å². The van der Waals surface area contributed by atoms with E-state index in [0.717, 1.165) is 35.7 Å². The fourth-order valence-electron chi connectivity index (χ4n) is 3.80. The Morgan fingerprint density at radius 1 is 1.23 bits per heavy atom. The smallest absolute Gasteiger partial charge is 0.407 e. The molecule has 0 saturated heterocycles. The molecule has 1 saturated carbocycles. The molecule has 2 atom stereocenters. The maximum Gasteiger partial charge on any atom is 0.415 e. The van der Waals surface area contributed by atoms with Gasteiger partial charge in [-0.15, -0.1) is 0 Å². The molecule has 2 N–H and O–H groups in total. The van der Waals surface area contributed by atoms with Crippen molar-refractivity contribution in [3.05, 3.63) is 42.9 Å². The van der Waals surface area contributed by atoms with Crippen LogP contribution in [-0.2, 0) is 4.79 Å². The number of H-pyrrole nitrogens is 1. The van der Waals surface area contributed by atoms with Crippen LogP contribution < -0.4 is 10.1 Å². The van der Waals surface area contributed by atoms with Crippen molar-refractivity contribution >= 4 is 22.9 Å². The van der Waals surface area contributed by atoms with E-state index in [1.807, 2.05) is 37.4 Å². The summed E-state index contributed by atoms with van der Waals surface area (Å²) < 4.78 is 5.44. The lowest BCUT2D eigenvalue weighted by atomic mass is 10.1. The molecule has 0 bridgehead atoms. The summed E-state index contributed by atoms with van der Waals surface area (Å²) in [7, 11) is 1.72. The number of aromatic nitrogens is 3. The van der Waals surface area contributed by atoms with Crippen molar-refractivity contribution in [3.8, 4) is 17.1 Å². The van der Waals surface area contributed by atoms with E-state index < -0.39 is 6.09 Å². The van der Waals surface area contributed by atoms with Gasteiger partial charge in [0.15, 0.2) is 11.6 Å². The lowest BCUT2D eigenvalue weighted by Gasteiger charge is -2.23. The molecule has 1 aromatic carbocycles. The summed E-state index contributed by atoms with van der Waals surface area (Å²) in [6.45, 7) is 1.83. The maximum atomic E-state index is 12.5. The van der Waals surface area contributed by atoms with Crippen LogP contribution in [0.1, 0.15) is 32.6 Å². The lowest BCUT2D eigenvalue weighted by Crippen LogP contribution is -2.39. The Bertz CT molecular complexity index is 1050. The molecule has 3 aromatic rings. The highest BCUT2D eigenvalue weighted by atomic mass is 16.6. The standard InChI is InChI=1S/C22H25N5O3/c1-3-20(28)26-16-5-6-17(11-16)27(2)22(29)30-18-12-24-21(25-13-18)15-4-7-19-14(10-15)8-9-23-19/h4,7-10,12-13,16-17,23H,3,5-6,11H2,1-2H3,(H,26,28)/t16-,17+/m0/s1. The average Bonchev–Trinajstić information content (AvgIpc) is 3.42. The van der Waals surface area contributed by atoms with Crippen LogP contribution in [0.3, 0.4) is 0 Å². The van der Waals surface area contributed by atoms with Crippen molar-refractivity contribution in [2.75, 3.05) is 7.05 Å². The SMILES string of the molecule is CCC(=O)N[C@H]1CC[C@@H](N(C)C(=O)Oc2cnc(-c3ccc4[nH]ccc4c3)nc2)C1. The van der Waals surface area contributed by atoms with Crippen LogP contribution in [0.2, 0.25) is 0 Å². The van der Waals surface area contributed by atoms with E-state index in [1.165, 1.54) is 12.4 Å². The predicted molar refractivity (Wildman–Crippen MR) is 113 cm³/mol. The molecule has 156 valence electrons. The second-order valence-electron chi connectivity index (χ2n) is 7.59.